The Kier molecular flexibility index (Phi) is 7.39. The SMILES string of the molecule is CCCN(CCC)P(C)(=O)OC(C)c1ccc([N+](=O)[O-])cc1C. The molecule has 0 spiro atoms. The minimum Gasteiger partial charge on any atom is -0.310 e. The maximum atomic E-state index is 13.0. The summed E-state index contributed by atoms with van der Waals surface area (Å²) >= 11 is 0. The number of nitro groups is 1. The standard InChI is InChI=1S/C16H27N2O4P/c1-6-10-17(11-7-2)23(5,21)22-14(4)16-9-8-15(18(19)20)12-13(16)3/h8-9,12,14H,6-7,10-11H2,1-5H3. The molecule has 0 radical (unpaired) electrons. The van der Waals surface area contributed by atoms with Gasteiger partial charge in [-0.2, -0.15) is 0 Å². The van der Waals surface area contributed by atoms with E-state index in [4.69, 9.17) is 4.52 Å². The molecule has 0 aliphatic carbocycles. The van der Waals surface area contributed by atoms with Gasteiger partial charge in [-0.1, -0.05) is 13.8 Å². The molecule has 6 nitrogen and oxygen atoms in total. The Balaban J connectivity index is 2.94. The van der Waals surface area contributed by atoms with E-state index in [1.807, 2.05) is 25.4 Å². The van der Waals surface area contributed by atoms with Crippen LogP contribution in [0.1, 0.15) is 50.8 Å². The molecule has 0 fully saturated rings. The Morgan fingerprint density at radius 2 is 1.87 bits per heavy atom. The third kappa shape index (κ3) is 5.41. The van der Waals surface area contributed by atoms with Crippen molar-refractivity contribution in [2.24, 2.45) is 0 Å². The fourth-order valence-electron chi connectivity index (χ4n) is 2.64. The average molecular weight is 342 g/mol. The summed E-state index contributed by atoms with van der Waals surface area (Å²) in [6.45, 7) is 10.8. The first-order valence-electron chi connectivity index (χ1n) is 7.99. The number of aryl methyl sites for hydroxylation is 1. The van der Waals surface area contributed by atoms with Crippen LogP contribution in [0.25, 0.3) is 0 Å². The summed E-state index contributed by atoms with van der Waals surface area (Å²) in [7, 11) is -2.91. The number of hydrogen-bond acceptors (Lipinski definition) is 4. The molecule has 0 amide bonds. The highest BCUT2D eigenvalue weighted by Gasteiger charge is 2.28. The Morgan fingerprint density at radius 3 is 2.30 bits per heavy atom. The van der Waals surface area contributed by atoms with Crippen LogP contribution in [0.15, 0.2) is 18.2 Å². The van der Waals surface area contributed by atoms with Crippen LogP contribution in [-0.4, -0.2) is 29.3 Å². The van der Waals surface area contributed by atoms with Gasteiger partial charge in [-0.05, 0) is 43.9 Å². The van der Waals surface area contributed by atoms with E-state index in [1.54, 1.807) is 19.7 Å². The zero-order valence-electron chi connectivity index (χ0n) is 14.6. The summed E-state index contributed by atoms with van der Waals surface area (Å²) in [5.41, 5.74) is 1.64. The van der Waals surface area contributed by atoms with Crippen LogP contribution in [0.3, 0.4) is 0 Å². The fourth-order valence-corrected chi connectivity index (χ4v) is 4.60. The predicted octanol–water partition coefficient (Wildman–Crippen LogP) is 4.93. The molecular weight excluding hydrogens is 315 g/mol. The van der Waals surface area contributed by atoms with E-state index >= 15 is 0 Å². The van der Waals surface area contributed by atoms with E-state index in [-0.39, 0.29) is 11.8 Å². The van der Waals surface area contributed by atoms with Gasteiger partial charge < -0.3 is 4.52 Å². The highest BCUT2D eigenvalue weighted by molar-refractivity contribution is 7.55. The molecule has 7 heteroatoms. The van der Waals surface area contributed by atoms with Gasteiger partial charge in [0.1, 0.15) is 0 Å². The van der Waals surface area contributed by atoms with Crippen molar-refractivity contribution in [1.29, 1.82) is 0 Å². The van der Waals surface area contributed by atoms with Crippen molar-refractivity contribution >= 4 is 13.2 Å². The predicted molar refractivity (Wildman–Crippen MR) is 93.0 cm³/mol. The summed E-state index contributed by atoms with van der Waals surface area (Å²) in [6.07, 6.45) is 1.43. The van der Waals surface area contributed by atoms with Gasteiger partial charge in [-0.3, -0.25) is 14.7 Å². The minimum atomic E-state index is -2.91. The number of nitro benzene ring substituents is 1. The lowest BCUT2D eigenvalue weighted by Crippen LogP contribution is -2.23. The largest absolute Gasteiger partial charge is 0.310 e. The van der Waals surface area contributed by atoms with Crippen LogP contribution >= 0.6 is 7.52 Å². The fraction of sp³-hybridized carbons (Fsp3) is 0.625. The quantitative estimate of drug-likeness (QED) is 0.361. The molecule has 0 saturated heterocycles. The van der Waals surface area contributed by atoms with Gasteiger partial charge in [0, 0.05) is 31.9 Å². The molecule has 0 aromatic heterocycles. The first kappa shape index (κ1) is 19.8. The molecule has 0 aliphatic rings. The smallest absolute Gasteiger partial charge is 0.269 e. The number of non-ortho nitro benzene ring substituents is 1. The Morgan fingerprint density at radius 1 is 1.30 bits per heavy atom. The first-order valence-corrected chi connectivity index (χ1v) is 10.0. The Labute approximate surface area is 138 Å². The van der Waals surface area contributed by atoms with Crippen molar-refractivity contribution in [3.63, 3.8) is 0 Å². The second-order valence-corrected chi connectivity index (χ2v) is 8.18. The van der Waals surface area contributed by atoms with Gasteiger partial charge in [0.2, 0.25) is 0 Å². The van der Waals surface area contributed by atoms with E-state index in [0.717, 1.165) is 37.1 Å². The van der Waals surface area contributed by atoms with Crippen LogP contribution in [0.2, 0.25) is 0 Å². The lowest BCUT2D eigenvalue weighted by molar-refractivity contribution is -0.384. The average Bonchev–Trinajstić information content (AvgIpc) is 2.46. The van der Waals surface area contributed by atoms with Crippen molar-refractivity contribution in [1.82, 2.24) is 4.67 Å². The third-order valence-electron chi connectivity index (χ3n) is 3.73. The van der Waals surface area contributed by atoms with Gasteiger partial charge in [0.15, 0.2) is 0 Å². The van der Waals surface area contributed by atoms with Crippen molar-refractivity contribution < 1.29 is 14.0 Å². The molecule has 23 heavy (non-hydrogen) atoms. The monoisotopic (exact) mass is 342 g/mol. The van der Waals surface area contributed by atoms with Crippen LogP contribution in [0.4, 0.5) is 5.69 Å². The lowest BCUT2D eigenvalue weighted by atomic mass is 10.0. The molecule has 0 N–H and O–H groups in total. The van der Waals surface area contributed by atoms with E-state index in [0.29, 0.717) is 0 Å². The maximum Gasteiger partial charge on any atom is 0.269 e. The van der Waals surface area contributed by atoms with Crippen molar-refractivity contribution in [2.75, 3.05) is 19.8 Å². The summed E-state index contributed by atoms with van der Waals surface area (Å²) in [6, 6.07) is 4.66. The highest BCUT2D eigenvalue weighted by atomic mass is 31.2. The number of rotatable bonds is 9. The Hall–Kier alpha value is -1.23. The van der Waals surface area contributed by atoms with Crippen LogP contribution in [0, 0.1) is 17.0 Å². The number of hydrogen-bond donors (Lipinski definition) is 0. The van der Waals surface area contributed by atoms with Gasteiger partial charge in [0.05, 0.1) is 11.0 Å². The summed E-state index contributed by atoms with van der Waals surface area (Å²) < 4.78 is 20.8. The van der Waals surface area contributed by atoms with Gasteiger partial charge in [-0.15, -0.1) is 0 Å². The maximum absolute atomic E-state index is 13.0. The summed E-state index contributed by atoms with van der Waals surface area (Å²) in [5.74, 6) is 0. The molecule has 0 saturated carbocycles. The number of benzene rings is 1. The molecule has 130 valence electrons. The topological polar surface area (TPSA) is 72.7 Å². The minimum absolute atomic E-state index is 0.0525. The molecule has 1 rings (SSSR count). The zero-order valence-corrected chi connectivity index (χ0v) is 15.5. The van der Waals surface area contributed by atoms with Crippen molar-refractivity contribution in [3.8, 4) is 0 Å². The lowest BCUT2D eigenvalue weighted by Gasteiger charge is -2.30. The summed E-state index contributed by atoms with van der Waals surface area (Å²) in [4.78, 5) is 10.4. The second kappa shape index (κ2) is 8.57. The van der Waals surface area contributed by atoms with E-state index < -0.39 is 12.4 Å². The third-order valence-corrected chi connectivity index (χ3v) is 5.87. The van der Waals surface area contributed by atoms with E-state index in [2.05, 4.69) is 0 Å². The molecule has 0 bridgehead atoms. The molecule has 2 unspecified atom stereocenters. The van der Waals surface area contributed by atoms with Crippen LogP contribution in [0.5, 0.6) is 0 Å². The molecule has 0 heterocycles. The first-order chi connectivity index (χ1) is 10.7. The second-order valence-electron chi connectivity index (χ2n) is 5.80. The molecular formula is C16H27N2O4P. The van der Waals surface area contributed by atoms with Crippen LogP contribution < -0.4 is 0 Å². The summed E-state index contributed by atoms with van der Waals surface area (Å²) in [5, 5.41) is 10.8. The van der Waals surface area contributed by atoms with Crippen molar-refractivity contribution in [3.05, 3.63) is 39.4 Å². The van der Waals surface area contributed by atoms with E-state index in [1.165, 1.54) is 12.1 Å². The Bertz CT molecular complexity index is 585. The normalized spacial score (nSPS) is 15.4. The zero-order chi connectivity index (χ0) is 17.6. The highest BCUT2D eigenvalue weighted by Crippen LogP contribution is 2.51. The molecule has 0 aliphatic heterocycles. The van der Waals surface area contributed by atoms with Gasteiger partial charge >= 0.3 is 0 Å². The molecule has 1 aromatic carbocycles. The van der Waals surface area contributed by atoms with Gasteiger partial charge in [0.25, 0.3) is 13.2 Å². The van der Waals surface area contributed by atoms with E-state index in [9.17, 15) is 14.7 Å². The molecule has 1 aromatic rings. The molecule has 2 atom stereocenters. The van der Waals surface area contributed by atoms with Crippen LogP contribution in [-0.2, 0) is 9.09 Å². The van der Waals surface area contributed by atoms with Crippen molar-refractivity contribution in [2.45, 2.75) is 46.6 Å². The van der Waals surface area contributed by atoms with Gasteiger partial charge in [-0.25, -0.2) is 4.67 Å². The number of nitrogens with zero attached hydrogens (tertiary/aromatic N) is 2.